The van der Waals surface area contributed by atoms with Gasteiger partial charge in [-0.1, -0.05) is 32.0 Å². The van der Waals surface area contributed by atoms with Crippen LogP contribution >= 0.6 is 0 Å². The second kappa shape index (κ2) is 8.47. The fourth-order valence-corrected chi connectivity index (χ4v) is 2.00. The van der Waals surface area contributed by atoms with Gasteiger partial charge in [-0.25, -0.2) is 0 Å². The molecule has 122 valence electrons. The minimum absolute atomic E-state index is 0.177. The molecule has 23 heavy (non-hydrogen) atoms. The van der Waals surface area contributed by atoms with E-state index in [9.17, 15) is 20.2 Å². The van der Waals surface area contributed by atoms with Crippen molar-refractivity contribution in [1.82, 2.24) is 0 Å². The number of nitro benzene ring substituents is 2. The minimum atomic E-state index is -0.575. The highest BCUT2D eigenvalue weighted by Crippen LogP contribution is 2.35. The largest absolute Gasteiger partial charge is 0.508 e. The molecule has 0 aliphatic heterocycles. The molecular formula is C16H18N2O5. The summed E-state index contributed by atoms with van der Waals surface area (Å²) in [6.45, 7) is 3.58. The first-order valence-electron chi connectivity index (χ1n) is 7.04. The molecule has 0 saturated carbocycles. The van der Waals surface area contributed by atoms with Crippen LogP contribution in [0.25, 0.3) is 0 Å². The van der Waals surface area contributed by atoms with E-state index >= 15 is 0 Å². The fourth-order valence-electron chi connectivity index (χ4n) is 2.00. The van der Waals surface area contributed by atoms with E-state index in [1.54, 1.807) is 31.2 Å². The Labute approximate surface area is 133 Å². The van der Waals surface area contributed by atoms with Gasteiger partial charge in [0.1, 0.15) is 11.3 Å². The molecule has 7 nitrogen and oxygen atoms in total. The lowest BCUT2D eigenvalue weighted by Gasteiger charge is -2.09. The number of benzene rings is 2. The van der Waals surface area contributed by atoms with Gasteiger partial charge in [0, 0.05) is 12.1 Å². The quantitative estimate of drug-likeness (QED) is 0.663. The maximum Gasteiger partial charge on any atom is 0.279 e. The molecule has 2 aromatic rings. The Balaban J connectivity index is 0.000000313. The van der Waals surface area contributed by atoms with Gasteiger partial charge in [-0.2, -0.15) is 0 Å². The maximum absolute atomic E-state index is 10.8. The Kier molecular flexibility index (Phi) is 6.67. The number of aromatic hydroxyl groups is 1. The highest BCUT2D eigenvalue weighted by atomic mass is 16.6. The molecule has 0 aliphatic rings. The number of hydrogen-bond acceptors (Lipinski definition) is 5. The van der Waals surface area contributed by atoms with Crippen molar-refractivity contribution in [3.63, 3.8) is 0 Å². The molecule has 0 aromatic heterocycles. The van der Waals surface area contributed by atoms with Crippen molar-refractivity contribution in [2.24, 2.45) is 0 Å². The van der Waals surface area contributed by atoms with Crippen molar-refractivity contribution in [1.29, 1.82) is 0 Å². The van der Waals surface area contributed by atoms with Crippen LogP contribution in [-0.4, -0.2) is 15.0 Å². The summed E-state index contributed by atoms with van der Waals surface area (Å²) in [5, 5.41) is 30.2. The van der Waals surface area contributed by atoms with Crippen molar-refractivity contribution >= 4 is 11.4 Å². The Morgan fingerprint density at radius 3 is 1.74 bits per heavy atom. The van der Waals surface area contributed by atoms with E-state index in [4.69, 9.17) is 5.11 Å². The summed E-state index contributed by atoms with van der Waals surface area (Å²) in [4.78, 5) is 20.5. The van der Waals surface area contributed by atoms with E-state index in [2.05, 4.69) is 0 Å². The zero-order valence-electron chi connectivity index (χ0n) is 12.9. The summed E-state index contributed by atoms with van der Waals surface area (Å²) < 4.78 is 0. The van der Waals surface area contributed by atoms with Gasteiger partial charge in [0.05, 0.1) is 9.85 Å². The standard InChI is InChI=1S/C10H12N2O4.C6H6O/c1-3-7(2)10-8(11(13)14)5-4-6-9(10)12(15)16;7-6-4-2-1-3-5-6/h4-7H,3H2,1-2H3;1-5,7H. The van der Waals surface area contributed by atoms with Crippen LogP contribution in [0.3, 0.4) is 0 Å². The summed E-state index contributed by atoms with van der Waals surface area (Å²) in [5.74, 6) is 0.115. The molecule has 1 N–H and O–H groups in total. The first-order valence-corrected chi connectivity index (χ1v) is 7.04. The van der Waals surface area contributed by atoms with E-state index in [0.29, 0.717) is 12.2 Å². The molecule has 0 heterocycles. The molecular weight excluding hydrogens is 300 g/mol. The van der Waals surface area contributed by atoms with Crippen LogP contribution in [-0.2, 0) is 0 Å². The van der Waals surface area contributed by atoms with Gasteiger partial charge in [-0.15, -0.1) is 0 Å². The number of nitro groups is 2. The zero-order chi connectivity index (χ0) is 17.4. The summed E-state index contributed by atoms with van der Waals surface area (Å²) in [6, 6.07) is 12.6. The van der Waals surface area contributed by atoms with Crippen molar-refractivity contribution < 1.29 is 15.0 Å². The molecule has 0 spiro atoms. The van der Waals surface area contributed by atoms with Gasteiger partial charge >= 0.3 is 0 Å². The van der Waals surface area contributed by atoms with Crippen LogP contribution < -0.4 is 0 Å². The third-order valence-electron chi connectivity index (χ3n) is 3.31. The molecule has 0 fully saturated rings. The molecule has 0 amide bonds. The summed E-state index contributed by atoms with van der Waals surface area (Å²) in [5.41, 5.74) is -0.146. The maximum atomic E-state index is 10.8. The summed E-state index contributed by atoms with van der Waals surface area (Å²) in [6.07, 6.45) is 0.617. The van der Waals surface area contributed by atoms with Crippen LogP contribution in [0.4, 0.5) is 11.4 Å². The lowest BCUT2D eigenvalue weighted by molar-refractivity contribution is -0.395. The van der Waals surface area contributed by atoms with Gasteiger partial charge < -0.3 is 5.11 Å². The second-order valence-electron chi connectivity index (χ2n) is 4.87. The highest BCUT2D eigenvalue weighted by molar-refractivity contribution is 5.55. The number of phenolic OH excluding ortho intramolecular Hbond substituents is 1. The van der Waals surface area contributed by atoms with Crippen LogP contribution in [0.15, 0.2) is 48.5 Å². The Hall–Kier alpha value is -2.96. The second-order valence-corrected chi connectivity index (χ2v) is 4.87. The predicted octanol–water partition coefficient (Wildman–Crippen LogP) is 4.41. The minimum Gasteiger partial charge on any atom is -0.508 e. The third-order valence-corrected chi connectivity index (χ3v) is 3.31. The van der Waals surface area contributed by atoms with E-state index < -0.39 is 9.85 Å². The van der Waals surface area contributed by atoms with Crippen molar-refractivity contribution in [2.75, 3.05) is 0 Å². The molecule has 0 aliphatic carbocycles. The number of nitrogens with zero attached hydrogens (tertiary/aromatic N) is 2. The van der Waals surface area contributed by atoms with Crippen molar-refractivity contribution in [3.05, 3.63) is 74.3 Å². The molecule has 1 unspecified atom stereocenters. The number of phenols is 1. The van der Waals surface area contributed by atoms with Gasteiger partial charge in [0.25, 0.3) is 11.4 Å². The molecule has 0 saturated heterocycles. The number of para-hydroxylation sites is 1. The molecule has 0 bridgehead atoms. The Morgan fingerprint density at radius 2 is 1.43 bits per heavy atom. The van der Waals surface area contributed by atoms with Crippen LogP contribution in [0.5, 0.6) is 5.75 Å². The predicted molar refractivity (Wildman–Crippen MR) is 86.6 cm³/mol. The monoisotopic (exact) mass is 318 g/mol. The van der Waals surface area contributed by atoms with Crippen LogP contribution in [0.2, 0.25) is 0 Å². The average Bonchev–Trinajstić information content (AvgIpc) is 2.54. The molecule has 7 heteroatoms. The lowest BCUT2D eigenvalue weighted by atomic mass is 9.95. The number of rotatable bonds is 4. The fraction of sp³-hybridized carbons (Fsp3) is 0.250. The van der Waals surface area contributed by atoms with E-state index in [1.807, 2.05) is 13.0 Å². The Bertz CT molecular complexity index is 641. The van der Waals surface area contributed by atoms with E-state index in [-0.39, 0.29) is 22.9 Å². The van der Waals surface area contributed by atoms with E-state index in [0.717, 1.165) is 0 Å². The highest BCUT2D eigenvalue weighted by Gasteiger charge is 2.27. The van der Waals surface area contributed by atoms with Crippen molar-refractivity contribution in [2.45, 2.75) is 26.2 Å². The van der Waals surface area contributed by atoms with E-state index in [1.165, 1.54) is 18.2 Å². The summed E-state index contributed by atoms with van der Waals surface area (Å²) in [7, 11) is 0. The molecule has 0 radical (unpaired) electrons. The molecule has 2 rings (SSSR count). The van der Waals surface area contributed by atoms with Crippen molar-refractivity contribution in [3.8, 4) is 5.75 Å². The lowest BCUT2D eigenvalue weighted by Crippen LogP contribution is -2.03. The topological polar surface area (TPSA) is 107 Å². The van der Waals surface area contributed by atoms with Gasteiger partial charge in [0.2, 0.25) is 0 Å². The normalized spacial score (nSPS) is 11.0. The van der Waals surface area contributed by atoms with Crippen LogP contribution in [0, 0.1) is 20.2 Å². The zero-order valence-corrected chi connectivity index (χ0v) is 12.9. The molecule has 2 aromatic carbocycles. The van der Waals surface area contributed by atoms with Gasteiger partial charge in [0.15, 0.2) is 0 Å². The third kappa shape index (κ3) is 5.06. The average molecular weight is 318 g/mol. The number of hydrogen-bond donors (Lipinski definition) is 1. The van der Waals surface area contributed by atoms with Crippen LogP contribution in [0.1, 0.15) is 31.7 Å². The van der Waals surface area contributed by atoms with Gasteiger partial charge in [-0.05, 0) is 30.5 Å². The summed E-state index contributed by atoms with van der Waals surface area (Å²) >= 11 is 0. The first-order chi connectivity index (χ1) is 10.9. The first kappa shape index (κ1) is 18.1. The molecule has 1 atom stereocenters. The smallest absolute Gasteiger partial charge is 0.279 e. The SMILES string of the molecule is CCC(C)c1c([N+](=O)[O-])cccc1[N+](=O)[O-].Oc1ccccc1. The Morgan fingerprint density at radius 1 is 0.957 bits per heavy atom. The van der Waals surface area contributed by atoms with Gasteiger partial charge in [-0.3, -0.25) is 20.2 Å².